The lowest BCUT2D eigenvalue weighted by Gasteiger charge is -2.43. The second-order valence-corrected chi connectivity index (χ2v) is 8.06. The maximum Gasteiger partial charge on any atom is 0.0919 e. The van der Waals surface area contributed by atoms with Crippen LogP contribution in [0.4, 0.5) is 0 Å². The largest absolute Gasteiger partial charge is 0.385 e. The summed E-state index contributed by atoms with van der Waals surface area (Å²) in [4.78, 5) is 0. The van der Waals surface area contributed by atoms with Crippen LogP contribution in [0.25, 0.3) is 0 Å². The Balaban J connectivity index is 1.83. The van der Waals surface area contributed by atoms with E-state index in [-0.39, 0.29) is 10.5 Å². The fourth-order valence-corrected chi connectivity index (χ4v) is 5.82. The second kappa shape index (κ2) is 5.58. The van der Waals surface area contributed by atoms with E-state index in [9.17, 15) is 9.32 Å². The molecule has 3 rings (SSSR count). The maximum absolute atomic E-state index is 12.2. The van der Waals surface area contributed by atoms with Gasteiger partial charge in [0, 0.05) is 28.4 Å². The minimum atomic E-state index is -0.796. The predicted molar refractivity (Wildman–Crippen MR) is 79.9 cm³/mol. The van der Waals surface area contributed by atoms with E-state index in [1.807, 2.05) is 24.3 Å². The lowest BCUT2D eigenvalue weighted by molar-refractivity contribution is 0.00650. The summed E-state index contributed by atoms with van der Waals surface area (Å²) in [6, 6.07) is 8.02. The van der Waals surface area contributed by atoms with Crippen LogP contribution < -0.4 is 0 Å². The van der Waals surface area contributed by atoms with Crippen LogP contribution >= 0.6 is 0 Å². The molecule has 2 unspecified atom stereocenters. The van der Waals surface area contributed by atoms with E-state index in [1.54, 1.807) is 7.11 Å². The molecule has 0 spiro atoms. The fraction of sp³-hybridized carbons (Fsp3) is 0.625. The Morgan fingerprint density at radius 2 is 1.85 bits per heavy atom. The van der Waals surface area contributed by atoms with Crippen LogP contribution in [0.5, 0.6) is 0 Å². The molecule has 3 nitrogen and oxygen atoms in total. The molecule has 2 fully saturated rings. The molecule has 1 aromatic rings. The zero-order valence-electron chi connectivity index (χ0n) is 11.9. The topological polar surface area (TPSA) is 46.5 Å². The van der Waals surface area contributed by atoms with Crippen molar-refractivity contribution < 1.29 is 14.1 Å². The van der Waals surface area contributed by atoms with Gasteiger partial charge in [-0.2, -0.15) is 0 Å². The van der Waals surface area contributed by atoms with Crippen molar-refractivity contribution >= 4 is 10.8 Å². The van der Waals surface area contributed by atoms with Gasteiger partial charge in [-0.25, -0.2) is 0 Å². The summed E-state index contributed by atoms with van der Waals surface area (Å²) in [5, 5.41) is 11.4. The molecule has 0 amide bonds. The first kappa shape index (κ1) is 14.2. The summed E-state index contributed by atoms with van der Waals surface area (Å²) in [7, 11) is 0.936. The molecule has 0 radical (unpaired) electrons. The number of ether oxygens (including phenoxy) is 1. The van der Waals surface area contributed by atoms with Crippen LogP contribution in [0.15, 0.2) is 24.3 Å². The summed E-state index contributed by atoms with van der Waals surface area (Å²) in [5.41, 5.74) is 1.28. The Labute approximate surface area is 122 Å². The molecule has 2 aliphatic heterocycles. The van der Waals surface area contributed by atoms with Crippen molar-refractivity contribution in [3.8, 4) is 0 Å². The van der Waals surface area contributed by atoms with Gasteiger partial charge < -0.3 is 9.84 Å². The SMILES string of the molecule is COCc1ccc(C2(O)CC3CCCC(C2)S3=O)cc1. The third-order valence-electron chi connectivity index (χ3n) is 4.64. The van der Waals surface area contributed by atoms with E-state index >= 15 is 0 Å². The lowest BCUT2D eigenvalue weighted by Crippen LogP contribution is -2.47. The van der Waals surface area contributed by atoms with Crippen LogP contribution in [0.3, 0.4) is 0 Å². The predicted octanol–water partition coefficient (Wildman–Crippen LogP) is 2.48. The fourth-order valence-electron chi connectivity index (χ4n) is 3.60. The van der Waals surface area contributed by atoms with Crippen molar-refractivity contribution in [2.45, 2.75) is 54.8 Å². The molecule has 0 saturated carbocycles. The van der Waals surface area contributed by atoms with Crippen LogP contribution in [0.1, 0.15) is 43.2 Å². The molecule has 1 N–H and O–H groups in total. The van der Waals surface area contributed by atoms with Gasteiger partial charge in [-0.1, -0.05) is 30.7 Å². The Bertz CT molecular complexity index is 481. The first-order valence-electron chi connectivity index (χ1n) is 7.32. The smallest absolute Gasteiger partial charge is 0.0919 e. The molecule has 2 atom stereocenters. The minimum absolute atomic E-state index is 0.172. The molecule has 4 heteroatoms. The van der Waals surface area contributed by atoms with Gasteiger partial charge in [0.05, 0.1) is 12.2 Å². The zero-order chi connectivity index (χ0) is 14.2. The lowest BCUT2D eigenvalue weighted by atomic mass is 9.80. The van der Waals surface area contributed by atoms with Gasteiger partial charge >= 0.3 is 0 Å². The van der Waals surface area contributed by atoms with E-state index in [1.165, 1.54) is 0 Å². The molecule has 2 bridgehead atoms. The molecular formula is C16H22O3S. The highest BCUT2D eigenvalue weighted by molar-refractivity contribution is 7.86. The number of rotatable bonds is 3. The molecule has 2 saturated heterocycles. The third kappa shape index (κ3) is 2.57. The van der Waals surface area contributed by atoms with Crippen molar-refractivity contribution in [2.75, 3.05) is 7.11 Å². The Morgan fingerprint density at radius 3 is 2.40 bits per heavy atom. The van der Waals surface area contributed by atoms with Gasteiger partial charge in [0.15, 0.2) is 0 Å². The number of hydrogen-bond acceptors (Lipinski definition) is 3. The van der Waals surface area contributed by atoms with E-state index in [2.05, 4.69) is 0 Å². The molecule has 2 aliphatic rings. The van der Waals surface area contributed by atoms with Gasteiger partial charge in [-0.15, -0.1) is 0 Å². The van der Waals surface area contributed by atoms with E-state index < -0.39 is 16.4 Å². The number of methoxy groups -OCH3 is 1. The molecule has 0 aliphatic carbocycles. The number of benzene rings is 1. The summed E-state index contributed by atoms with van der Waals surface area (Å²) in [6.07, 6.45) is 4.42. The van der Waals surface area contributed by atoms with Crippen LogP contribution in [-0.4, -0.2) is 26.9 Å². The van der Waals surface area contributed by atoms with E-state index in [4.69, 9.17) is 4.74 Å². The van der Waals surface area contributed by atoms with Crippen LogP contribution in [0.2, 0.25) is 0 Å². The number of fused-ring (bicyclic) bond motifs is 2. The highest BCUT2D eigenvalue weighted by Crippen LogP contribution is 2.44. The third-order valence-corrected chi connectivity index (χ3v) is 6.76. The summed E-state index contributed by atoms with van der Waals surface area (Å²) >= 11 is 0. The van der Waals surface area contributed by atoms with Crippen molar-refractivity contribution in [3.63, 3.8) is 0 Å². The molecule has 0 aromatic heterocycles. The van der Waals surface area contributed by atoms with Crippen LogP contribution in [0, 0.1) is 0 Å². The van der Waals surface area contributed by atoms with Gasteiger partial charge in [0.1, 0.15) is 0 Å². The quantitative estimate of drug-likeness (QED) is 0.931. The molecule has 1 aromatic carbocycles. The Morgan fingerprint density at radius 1 is 1.25 bits per heavy atom. The molecule has 110 valence electrons. The van der Waals surface area contributed by atoms with E-state index in [0.717, 1.165) is 30.4 Å². The second-order valence-electron chi connectivity index (χ2n) is 6.07. The van der Waals surface area contributed by atoms with Crippen molar-refractivity contribution in [2.24, 2.45) is 0 Å². The highest BCUT2D eigenvalue weighted by Gasteiger charge is 2.46. The molecule has 2 heterocycles. The minimum Gasteiger partial charge on any atom is -0.385 e. The summed E-state index contributed by atoms with van der Waals surface area (Å²) in [6.45, 7) is 0.591. The average molecular weight is 294 g/mol. The first-order chi connectivity index (χ1) is 9.62. The number of aliphatic hydroxyl groups is 1. The van der Waals surface area contributed by atoms with E-state index in [0.29, 0.717) is 19.4 Å². The summed E-state index contributed by atoms with van der Waals surface area (Å²) in [5.74, 6) is 0. The van der Waals surface area contributed by atoms with Crippen molar-refractivity contribution in [3.05, 3.63) is 35.4 Å². The zero-order valence-corrected chi connectivity index (χ0v) is 12.7. The Kier molecular flexibility index (Phi) is 3.98. The van der Waals surface area contributed by atoms with Gasteiger partial charge in [-0.05, 0) is 36.8 Å². The standard InChI is InChI=1S/C16H22O3S/c1-19-11-12-5-7-13(8-6-12)16(17)9-14-3-2-4-15(10-16)20(14)18/h5-8,14-15,17H,2-4,9-11H2,1H3. The van der Waals surface area contributed by atoms with Crippen molar-refractivity contribution in [1.29, 1.82) is 0 Å². The molecule has 20 heavy (non-hydrogen) atoms. The monoisotopic (exact) mass is 294 g/mol. The summed E-state index contributed by atoms with van der Waals surface area (Å²) < 4.78 is 17.4. The van der Waals surface area contributed by atoms with Crippen molar-refractivity contribution in [1.82, 2.24) is 0 Å². The normalized spacial score (nSPS) is 36.8. The number of hydrogen-bond donors (Lipinski definition) is 1. The molecular weight excluding hydrogens is 272 g/mol. The first-order valence-corrected chi connectivity index (χ1v) is 8.60. The van der Waals surface area contributed by atoms with Gasteiger partial charge in [0.25, 0.3) is 0 Å². The van der Waals surface area contributed by atoms with Gasteiger partial charge in [0.2, 0.25) is 0 Å². The maximum atomic E-state index is 12.2. The van der Waals surface area contributed by atoms with Crippen LogP contribution in [-0.2, 0) is 27.7 Å². The average Bonchev–Trinajstić information content (AvgIpc) is 2.42. The Hall–Kier alpha value is -0.710. The van der Waals surface area contributed by atoms with Gasteiger partial charge in [-0.3, -0.25) is 4.21 Å². The highest BCUT2D eigenvalue weighted by atomic mass is 32.2.